The molecular weight excluding hydrogens is 348 g/mol. The van der Waals surface area contributed by atoms with Gasteiger partial charge in [-0.05, 0) is 48.9 Å². The third-order valence-electron chi connectivity index (χ3n) is 2.77. The van der Waals surface area contributed by atoms with E-state index in [4.69, 9.17) is 5.26 Å². The van der Waals surface area contributed by atoms with Crippen molar-refractivity contribution in [1.82, 2.24) is 0 Å². The number of hydrogen-bond donors (Lipinski definition) is 1. The maximum atomic E-state index is 11.9. The minimum atomic E-state index is -0.0857. The molecule has 1 N–H and O–H groups in total. The number of rotatable bonds is 4. The number of amides is 1. The lowest BCUT2D eigenvalue weighted by atomic mass is 10.2. The fourth-order valence-corrected chi connectivity index (χ4v) is 3.07. The Labute approximate surface area is 136 Å². The van der Waals surface area contributed by atoms with Gasteiger partial charge in [0.05, 0.1) is 17.4 Å². The van der Waals surface area contributed by atoms with Crippen molar-refractivity contribution in [2.45, 2.75) is 11.8 Å². The zero-order chi connectivity index (χ0) is 15.2. The number of anilines is 1. The molecule has 0 aliphatic carbocycles. The molecule has 0 bridgehead atoms. The summed E-state index contributed by atoms with van der Waals surface area (Å²) in [5.41, 5.74) is 2.31. The minimum absolute atomic E-state index is 0.0857. The van der Waals surface area contributed by atoms with E-state index in [2.05, 4.69) is 27.3 Å². The lowest BCUT2D eigenvalue weighted by Crippen LogP contribution is -2.14. The normalized spacial score (nSPS) is 9.95. The van der Waals surface area contributed by atoms with E-state index in [0.717, 1.165) is 14.9 Å². The first kappa shape index (κ1) is 15.6. The highest BCUT2D eigenvalue weighted by Gasteiger charge is 2.06. The summed E-state index contributed by atoms with van der Waals surface area (Å²) in [7, 11) is 0. The minimum Gasteiger partial charge on any atom is -0.325 e. The van der Waals surface area contributed by atoms with E-state index in [0.29, 0.717) is 17.0 Å². The molecule has 0 unspecified atom stereocenters. The molecule has 21 heavy (non-hydrogen) atoms. The summed E-state index contributed by atoms with van der Waals surface area (Å²) >= 11 is 4.91. The highest BCUT2D eigenvalue weighted by molar-refractivity contribution is 9.10. The summed E-state index contributed by atoms with van der Waals surface area (Å²) in [6.07, 6.45) is 0. The van der Waals surface area contributed by atoms with E-state index < -0.39 is 0 Å². The van der Waals surface area contributed by atoms with E-state index in [-0.39, 0.29) is 5.91 Å². The summed E-state index contributed by atoms with van der Waals surface area (Å²) in [4.78, 5) is 13.0. The Morgan fingerprint density at radius 3 is 2.86 bits per heavy atom. The van der Waals surface area contributed by atoms with Crippen molar-refractivity contribution in [2.75, 3.05) is 11.1 Å². The Morgan fingerprint density at radius 1 is 1.33 bits per heavy atom. The van der Waals surface area contributed by atoms with E-state index in [1.165, 1.54) is 11.8 Å². The van der Waals surface area contributed by atoms with Gasteiger partial charge in [0.15, 0.2) is 0 Å². The van der Waals surface area contributed by atoms with Crippen LogP contribution in [0.2, 0.25) is 0 Å². The average molecular weight is 361 g/mol. The standard InChI is InChI=1S/C16H13BrN2OS/c1-11-7-13(17)5-6-15(11)21-10-16(20)19-14-4-2-3-12(8-14)9-18/h2-8H,10H2,1H3,(H,19,20). The molecule has 2 aromatic rings. The molecule has 0 aliphatic rings. The Bertz CT molecular complexity index is 710. The molecule has 106 valence electrons. The first-order valence-electron chi connectivity index (χ1n) is 6.27. The number of hydrogen-bond acceptors (Lipinski definition) is 3. The molecule has 0 aromatic heterocycles. The predicted molar refractivity (Wildman–Crippen MR) is 89.4 cm³/mol. The second-order valence-electron chi connectivity index (χ2n) is 4.44. The third kappa shape index (κ3) is 4.62. The second-order valence-corrected chi connectivity index (χ2v) is 6.37. The number of nitrogens with one attached hydrogen (secondary N) is 1. The van der Waals surface area contributed by atoms with Gasteiger partial charge in [0.2, 0.25) is 5.91 Å². The SMILES string of the molecule is Cc1cc(Br)ccc1SCC(=O)Nc1cccc(C#N)c1. The van der Waals surface area contributed by atoms with Crippen molar-refractivity contribution in [3.8, 4) is 6.07 Å². The van der Waals surface area contributed by atoms with Crippen LogP contribution in [0, 0.1) is 18.3 Å². The first-order chi connectivity index (χ1) is 10.1. The molecule has 1 amide bonds. The maximum Gasteiger partial charge on any atom is 0.234 e. The van der Waals surface area contributed by atoms with Crippen LogP contribution in [0.4, 0.5) is 5.69 Å². The number of carbonyl (C=O) groups is 1. The zero-order valence-corrected chi connectivity index (χ0v) is 13.8. The van der Waals surface area contributed by atoms with Crippen molar-refractivity contribution in [3.63, 3.8) is 0 Å². The first-order valence-corrected chi connectivity index (χ1v) is 8.05. The van der Waals surface area contributed by atoms with Crippen LogP contribution in [0.1, 0.15) is 11.1 Å². The Kier molecular flexibility index (Phi) is 5.43. The van der Waals surface area contributed by atoms with Gasteiger partial charge in [-0.2, -0.15) is 5.26 Å². The number of benzene rings is 2. The second kappa shape index (κ2) is 7.30. The number of nitrogens with zero attached hydrogens (tertiary/aromatic N) is 1. The molecule has 3 nitrogen and oxygen atoms in total. The molecule has 5 heteroatoms. The molecular formula is C16H13BrN2OS. The summed E-state index contributed by atoms with van der Waals surface area (Å²) in [5.74, 6) is 0.247. The van der Waals surface area contributed by atoms with Crippen LogP contribution in [-0.4, -0.2) is 11.7 Å². The van der Waals surface area contributed by atoms with Gasteiger partial charge in [0.25, 0.3) is 0 Å². The van der Waals surface area contributed by atoms with Gasteiger partial charge in [-0.25, -0.2) is 0 Å². The molecule has 0 aliphatic heterocycles. The van der Waals surface area contributed by atoms with Crippen molar-refractivity contribution >= 4 is 39.3 Å². The lowest BCUT2D eigenvalue weighted by Gasteiger charge is -2.07. The smallest absolute Gasteiger partial charge is 0.234 e. The molecule has 0 atom stereocenters. The molecule has 2 aromatic carbocycles. The van der Waals surface area contributed by atoms with Gasteiger partial charge in [0, 0.05) is 15.1 Å². The van der Waals surface area contributed by atoms with Crippen LogP contribution in [0.5, 0.6) is 0 Å². The van der Waals surface area contributed by atoms with E-state index >= 15 is 0 Å². The number of nitriles is 1. The quantitative estimate of drug-likeness (QED) is 0.824. The lowest BCUT2D eigenvalue weighted by molar-refractivity contribution is -0.113. The van der Waals surface area contributed by atoms with Crippen LogP contribution < -0.4 is 5.32 Å². The Hall–Kier alpha value is -1.77. The van der Waals surface area contributed by atoms with Gasteiger partial charge in [-0.1, -0.05) is 22.0 Å². The van der Waals surface area contributed by atoms with E-state index in [1.54, 1.807) is 24.3 Å². The van der Waals surface area contributed by atoms with Crippen LogP contribution in [0.3, 0.4) is 0 Å². The number of halogens is 1. The summed E-state index contributed by atoms with van der Waals surface area (Å²) in [5, 5.41) is 11.6. The topological polar surface area (TPSA) is 52.9 Å². The average Bonchev–Trinajstić information content (AvgIpc) is 2.46. The molecule has 0 saturated heterocycles. The Balaban J connectivity index is 1.94. The van der Waals surface area contributed by atoms with Crippen molar-refractivity contribution < 1.29 is 4.79 Å². The monoisotopic (exact) mass is 360 g/mol. The molecule has 0 fully saturated rings. The van der Waals surface area contributed by atoms with Crippen LogP contribution in [-0.2, 0) is 4.79 Å². The van der Waals surface area contributed by atoms with Gasteiger partial charge >= 0.3 is 0 Å². The molecule has 0 radical (unpaired) electrons. The van der Waals surface area contributed by atoms with Crippen LogP contribution in [0.25, 0.3) is 0 Å². The highest BCUT2D eigenvalue weighted by Crippen LogP contribution is 2.25. The molecule has 0 saturated carbocycles. The predicted octanol–water partition coefficient (Wildman–Crippen LogP) is 4.36. The maximum absolute atomic E-state index is 11.9. The van der Waals surface area contributed by atoms with Crippen molar-refractivity contribution in [1.29, 1.82) is 5.26 Å². The fraction of sp³-hybridized carbons (Fsp3) is 0.125. The van der Waals surface area contributed by atoms with Crippen molar-refractivity contribution in [2.24, 2.45) is 0 Å². The summed E-state index contributed by atoms with van der Waals surface area (Å²) in [6.45, 7) is 2.02. The number of thioether (sulfide) groups is 1. The van der Waals surface area contributed by atoms with Crippen molar-refractivity contribution in [3.05, 3.63) is 58.1 Å². The molecule has 0 spiro atoms. The van der Waals surface area contributed by atoms with Gasteiger partial charge in [0.1, 0.15) is 0 Å². The van der Waals surface area contributed by atoms with Crippen LogP contribution >= 0.6 is 27.7 Å². The number of carbonyl (C=O) groups excluding carboxylic acids is 1. The fourth-order valence-electron chi connectivity index (χ4n) is 1.78. The highest BCUT2D eigenvalue weighted by atomic mass is 79.9. The molecule has 2 rings (SSSR count). The van der Waals surface area contributed by atoms with Crippen LogP contribution in [0.15, 0.2) is 51.8 Å². The van der Waals surface area contributed by atoms with Gasteiger partial charge in [-0.15, -0.1) is 11.8 Å². The summed E-state index contributed by atoms with van der Waals surface area (Å²) < 4.78 is 1.03. The zero-order valence-electron chi connectivity index (χ0n) is 11.4. The third-order valence-corrected chi connectivity index (χ3v) is 4.44. The van der Waals surface area contributed by atoms with Gasteiger partial charge in [-0.3, -0.25) is 4.79 Å². The number of aryl methyl sites for hydroxylation is 1. The largest absolute Gasteiger partial charge is 0.325 e. The van der Waals surface area contributed by atoms with E-state index in [1.807, 2.05) is 25.1 Å². The van der Waals surface area contributed by atoms with E-state index in [9.17, 15) is 4.79 Å². The molecule has 0 heterocycles. The Morgan fingerprint density at radius 2 is 2.14 bits per heavy atom. The van der Waals surface area contributed by atoms with Gasteiger partial charge < -0.3 is 5.32 Å². The summed E-state index contributed by atoms with van der Waals surface area (Å²) in [6, 6.07) is 14.9.